The molecule has 0 bridgehead atoms. The Kier molecular flexibility index (Phi) is 8.41. The molecule has 0 radical (unpaired) electrons. The highest BCUT2D eigenvalue weighted by Crippen LogP contribution is 2.32. The second-order valence-electron chi connectivity index (χ2n) is 9.44. The molecule has 1 atom stereocenters. The minimum atomic E-state index is -4.80. The Morgan fingerprint density at radius 1 is 1.07 bits per heavy atom. The van der Waals surface area contributed by atoms with Crippen molar-refractivity contribution in [2.45, 2.75) is 18.6 Å². The van der Waals surface area contributed by atoms with Crippen molar-refractivity contribution in [1.29, 1.82) is 0 Å². The summed E-state index contributed by atoms with van der Waals surface area (Å²) in [5, 5.41) is 12.6. The highest BCUT2D eigenvalue weighted by Gasteiger charge is 2.34. The van der Waals surface area contributed by atoms with Gasteiger partial charge in [-0.15, -0.1) is 0 Å². The van der Waals surface area contributed by atoms with Crippen molar-refractivity contribution in [2.75, 3.05) is 14.1 Å². The molecule has 2 aromatic carbocycles. The van der Waals surface area contributed by atoms with E-state index in [4.69, 9.17) is 0 Å². The number of carbonyl (C=O) groups excluding carboxylic acids is 1. The Labute approximate surface area is 235 Å². The van der Waals surface area contributed by atoms with E-state index < -0.39 is 52.4 Å². The molecule has 13 heteroatoms. The molecule has 0 aliphatic heterocycles. The number of rotatable bonds is 8. The van der Waals surface area contributed by atoms with E-state index in [2.05, 4.69) is 10.3 Å². The van der Waals surface area contributed by atoms with Gasteiger partial charge in [-0.1, -0.05) is 24.3 Å². The Bertz CT molecular complexity index is 1750. The first kappa shape index (κ1) is 29.9. The van der Waals surface area contributed by atoms with Crippen LogP contribution in [0.2, 0.25) is 0 Å². The molecule has 42 heavy (non-hydrogen) atoms. The Hall–Kier alpha value is -5.07. The summed E-state index contributed by atoms with van der Waals surface area (Å²) in [6.45, 7) is 0. The van der Waals surface area contributed by atoms with Crippen molar-refractivity contribution in [3.05, 3.63) is 111 Å². The average Bonchev–Trinajstić information content (AvgIpc) is 2.91. The lowest BCUT2D eigenvalue weighted by atomic mass is 9.99. The Balaban J connectivity index is 1.78. The molecule has 2 N–H and O–H groups in total. The van der Waals surface area contributed by atoms with Gasteiger partial charge in [-0.05, 0) is 41.4 Å². The molecule has 8 nitrogen and oxygen atoms in total. The van der Waals surface area contributed by atoms with Gasteiger partial charge in [0.1, 0.15) is 29.1 Å². The summed E-state index contributed by atoms with van der Waals surface area (Å²) < 4.78 is 70.2. The number of hydrogen-bond donors (Lipinski definition) is 2. The van der Waals surface area contributed by atoms with Crippen LogP contribution in [0.1, 0.15) is 27.0 Å². The molecule has 0 aliphatic rings. The number of carbonyl (C=O) groups is 2. The molecule has 0 unspecified atom stereocenters. The van der Waals surface area contributed by atoms with Crippen LogP contribution < -0.4 is 10.9 Å². The van der Waals surface area contributed by atoms with Gasteiger partial charge in [0.15, 0.2) is 0 Å². The van der Waals surface area contributed by atoms with E-state index in [9.17, 15) is 41.4 Å². The van der Waals surface area contributed by atoms with Gasteiger partial charge in [0.05, 0.1) is 5.56 Å². The summed E-state index contributed by atoms with van der Waals surface area (Å²) in [6.07, 6.45) is -0.232. The number of amides is 1. The molecule has 1 amide bonds. The smallest absolute Gasteiger partial charge is 0.417 e. The van der Waals surface area contributed by atoms with Crippen LogP contribution in [0.3, 0.4) is 0 Å². The third kappa shape index (κ3) is 6.29. The standard InChI is InChI=1S/C29H23F5N4O4/c1-37(2)12-10-17-15-38(24(39)14-20(17)29(32,33)34)26-19-6-3-5-16(18(19)9-11-35-26)13-23(28(41)42)36-27(40)25-21(30)7-4-8-22(25)31/h3-12,14-15,23H,13H2,1-2H3,(H,36,40)(H,41,42)/b12-10+/t23-/m0/s1. The number of nitrogens with zero attached hydrogens (tertiary/aromatic N) is 3. The first-order chi connectivity index (χ1) is 19.8. The Morgan fingerprint density at radius 3 is 2.36 bits per heavy atom. The van der Waals surface area contributed by atoms with Crippen molar-refractivity contribution < 1.29 is 36.6 Å². The number of nitrogens with one attached hydrogen (secondary N) is 1. The highest BCUT2D eigenvalue weighted by molar-refractivity contribution is 5.97. The molecule has 4 aromatic rings. The lowest BCUT2D eigenvalue weighted by Crippen LogP contribution is -2.43. The van der Waals surface area contributed by atoms with Crippen molar-refractivity contribution in [3.63, 3.8) is 0 Å². The molecule has 4 rings (SSSR count). The number of aliphatic carboxylic acids is 1. The van der Waals surface area contributed by atoms with E-state index in [-0.39, 0.29) is 17.8 Å². The van der Waals surface area contributed by atoms with Crippen molar-refractivity contribution >= 4 is 28.7 Å². The summed E-state index contributed by atoms with van der Waals surface area (Å²) >= 11 is 0. The van der Waals surface area contributed by atoms with Gasteiger partial charge in [0.2, 0.25) is 0 Å². The molecule has 2 aromatic heterocycles. The zero-order chi connectivity index (χ0) is 30.8. The number of hydrogen-bond acceptors (Lipinski definition) is 5. The van der Waals surface area contributed by atoms with Gasteiger partial charge in [-0.25, -0.2) is 18.6 Å². The van der Waals surface area contributed by atoms with Crippen molar-refractivity contribution in [1.82, 2.24) is 19.8 Å². The lowest BCUT2D eigenvalue weighted by molar-refractivity contribution is -0.139. The minimum Gasteiger partial charge on any atom is -0.480 e. The Morgan fingerprint density at radius 2 is 1.74 bits per heavy atom. The quantitative estimate of drug-likeness (QED) is 0.292. The van der Waals surface area contributed by atoms with Gasteiger partial charge < -0.3 is 15.3 Å². The molecule has 0 fully saturated rings. The predicted octanol–water partition coefficient (Wildman–Crippen LogP) is 4.64. The zero-order valence-electron chi connectivity index (χ0n) is 22.1. The molecule has 0 spiro atoms. The number of carboxylic acid groups (broad SMARTS) is 1. The van der Waals surface area contributed by atoms with Crippen LogP contribution in [0, 0.1) is 11.6 Å². The number of carboxylic acids is 1. The monoisotopic (exact) mass is 586 g/mol. The molecular formula is C29H23F5N4O4. The van der Waals surface area contributed by atoms with Crippen LogP contribution in [-0.2, 0) is 17.4 Å². The van der Waals surface area contributed by atoms with Crippen molar-refractivity contribution in [2.24, 2.45) is 0 Å². The van der Waals surface area contributed by atoms with Crippen LogP contribution in [-0.4, -0.2) is 51.6 Å². The van der Waals surface area contributed by atoms with Crippen LogP contribution in [0.15, 0.2) is 71.9 Å². The lowest BCUT2D eigenvalue weighted by Gasteiger charge is -2.18. The molecule has 218 valence electrons. The second kappa shape index (κ2) is 11.8. The summed E-state index contributed by atoms with van der Waals surface area (Å²) in [6, 6.07) is 7.74. The van der Waals surface area contributed by atoms with E-state index in [1.165, 1.54) is 35.5 Å². The largest absolute Gasteiger partial charge is 0.480 e. The number of pyridine rings is 2. The maximum Gasteiger partial charge on any atom is 0.417 e. The van der Waals surface area contributed by atoms with Gasteiger partial charge in [-0.2, -0.15) is 13.2 Å². The van der Waals surface area contributed by atoms with Gasteiger partial charge in [0.25, 0.3) is 11.5 Å². The maximum absolute atomic E-state index is 14.1. The summed E-state index contributed by atoms with van der Waals surface area (Å²) in [4.78, 5) is 43.2. The van der Waals surface area contributed by atoms with Crippen LogP contribution in [0.4, 0.5) is 22.0 Å². The summed E-state index contributed by atoms with van der Waals surface area (Å²) in [5.41, 5.74) is -3.01. The molecule has 0 aliphatic carbocycles. The summed E-state index contributed by atoms with van der Waals surface area (Å²) in [7, 11) is 3.24. The van der Waals surface area contributed by atoms with E-state index in [0.717, 1.165) is 29.0 Å². The van der Waals surface area contributed by atoms with Crippen LogP contribution in [0.25, 0.3) is 22.7 Å². The summed E-state index contributed by atoms with van der Waals surface area (Å²) in [5.74, 6) is -5.10. The fourth-order valence-corrected chi connectivity index (χ4v) is 4.31. The number of halogens is 5. The van der Waals surface area contributed by atoms with Gasteiger partial charge in [0, 0.05) is 49.9 Å². The minimum absolute atomic E-state index is 0.0167. The first-order valence-electron chi connectivity index (χ1n) is 12.3. The SMILES string of the molecule is CN(C)/C=C/c1cn(-c2nccc3c(C[C@H](NC(=O)c4c(F)cccc4F)C(=O)O)cccc23)c(=O)cc1C(F)(F)F. The number of aromatic nitrogens is 2. The van der Waals surface area contributed by atoms with Gasteiger partial charge in [-0.3, -0.25) is 14.2 Å². The zero-order valence-corrected chi connectivity index (χ0v) is 22.1. The first-order valence-corrected chi connectivity index (χ1v) is 12.3. The van der Waals surface area contributed by atoms with Crippen molar-refractivity contribution in [3.8, 4) is 5.82 Å². The molecule has 0 saturated carbocycles. The highest BCUT2D eigenvalue weighted by atomic mass is 19.4. The second-order valence-corrected chi connectivity index (χ2v) is 9.44. The molecular weight excluding hydrogens is 563 g/mol. The number of alkyl halides is 3. The van der Waals surface area contributed by atoms with Crippen LogP contribution in [0.5, 0.6) is 0 Å². The van der Waals surface area contributed by atoms with E-state index in [1.54, 1.807) is 26.2 Å². The molecule has 0 saturated heterocycles. The normalized spacial score (nSPS) is 12.5. The number of benzene rings is 2. The van der Waals surface area contributed by atoms with E-state index in [1.807, 2.05) is 0 Å². The fourth-order valence-electron chi connectivity index (χ4n) is 4.31. The third-order valence-electron chi connectivity index (χ3n) is 6.26. The maximum atomic E-state index is 14.1. The molecule has 2 heterocycles. The van der Waals surface area contributed by atoms with E-state index in [0.29, 0.717) is 22.4 Å². The van der Waals surface area contributed by atoms with Gasteiger partial charge >= 0.3 is 12.1 Å². The topological polar surface area (TPSA) is 105 Å². The third-order valence-corrected chi connectivity index (χ3v) is 6.26. The van der Waals surface area contributed by atoms with Crippen LogP contribution >= 0.6 is 0 Å². The average molecular weight is 587 g/mol. The fraction of sp³-hybridized carbons (Fsp3) is 0.172. The number of fused-ring (bicyclic) bond motifs is 1. The predicted molar refractivity (Wildman–Crippen MR) is 144 cm³/mol. The van der Waals surface area contributed by atoms with E-state index >= 15 is 0 Å².